The second-order valence-electron chi connectivity index (χ2n) is 4.49. The van der Waals surface area contributed by atoms with E-state index in [4.69, 9.17) is 0 Å². The number of aromatic nitrogens is 4. The van der Waals surface area contributed by atoms with E-state index in [1.165, 1.54) is 5.69 Å². The lowest BCUT2D eigenvalue weighted by molar-refractivity contribution is 0.346. The van der Waals surface area contributed by atoms with Crippen molar-refractivity contribution in [1.82, 2.24) is 24.6 Å². The zero-order chi connectivity index (χ0) is 11.7. The molecule has 0 amide bonds. The number of rotatable bonds is 4. The van der Waals surface area contributed by atoms with Crippen molar-refractivity contribution >= 4 is 0 Å². The molecular weight excluding hydrogens is 214 g/mol. The number of hydrogen-bond acceptors (Lipinski definition) is 3. The molecule has 90 valence electrons. The fourth-order valence-corrected chi connectivity index (χ4v) is 2.14. The van der Waals surface area contributed by atoms with Gasteiger partial charge in [0.2, 0.25) is 0 Å². The normalized spacial score (nSPS) is 16.1. The first kappa shape index (κ1) is 10.5. The van der Waals surface area contributed by atoms with E-state index in [1.807, 2.05) is 23.4 Å². The lowest BCUT2D eigenvalue weighted by Crippen LogP contribution is -2.43. The third-order valence-corrected chi connectivity index (χ3v) is 3.20. The fraction of sp³-hybridized carbons (Fsp3) is 0.500. The van der Waals surface area contributed by atoms with Crippen LogP contribution in [0.15, 0.2) is 24.9 Å². The van der Waals surface area contributed by atoms with Gasteiger partial charge in [-0.2, -0.15) is 5.10 Å². The van der Waals surface area contributed by atoms with Gasteiger partial charge >= 0.3 is 0 Å². The predicted octanol–water partition coefficient (Wildman–Crippen LogP) is 1.30. The van der Waals surface area contributed by atoms with E-state index in [0.717, 1.165) is 31.6 Å². The predicted molar refractivity (Wildman–Crippen MR) is 65.6 cm³/mol. The smallest absolute Gasteiger partial charge is 0.0954 e. The summed E-state index contributed by atoms with van der Waals surface area (Å²) in [7, 11) is 0. The number of aryl methyl sites for hydroxylation is 1. The van der Waals surface area contributed by atoms with Crippen molar-refractivity contribution in [3.05, 3.63) is 24.9 Å². The summed E-state index contributed by atoms with van der Waals surface area (Å²) in [4.78, 5) is 4.25. The van der Waals surface area contributed by atoms with Crippen LogP contribution >= 0.6 is 0 Å². The molecular formula is C12H17N5. The van der Waals surface area contributed by atoms with Gasteiger partial charge in [-0.1, -0.05) is 6.92 Å². The molecule has 3 heterocycles. The second kappa shape index (κ2) is 4.33. The van der Waals surface area contributed by atoms with Crippen LogP contribution in [0.1, 0.15) is 19.4 Å². The van der Waals surface area contributed by atoms with Crippen LogP contribution in [-0.2, 0) is 6.54 Å². The van der Waals surface area contributed by atoms with E-state index in [9.17, 15) is 0 Å². The van der Waals surface area contributed by atoms with E-state index in [2.05, 4.69) is 33.1 Å². The molecule has 5 heteroatoms. The molecule has 1 aliphatic rings. The van der Waals surface area contributed by atoms with Crippen molar-refractivity contribution in [2.75, 3.05) is 13.1 Å². The van der Waals surface area contributed by atoms with Gasteiger partial charge in [0, 0.05) is 31.4 Å². The van der Waals surface area contributed by atoms with E-state index in [-0.39, 0.29) is 0 Å². The van der Waals surface area contributed by atoms with Gasteiger partial charge in [-0.3, -0.25) is 4.68 Å². The maximum absolute atomic E-state index is 4.37. The standard InChI is InChI=1S/C12H17N5/c1-2-3-16-8-10(4-15-16)12-7-14-9-17(12)11-5-13-6-11/h4,7-9,11,13H,2-3,5-6H2,1H3. The molecule has 2 aromatic rings. The molecule has 0 atom stereocenters. The van der Waals surface area contributed by atoms with Crippen LogP contribution < -0.4 is 5.32 Å². The minimum atomic E-state index is 0.544. The highest BCUT2D eigenvalue weighted by atomic mass is 15.3. The van der Waals surface area contributed by atoms with Gasteiger partial charge in [-0.15, -0.1) is 0 Å². The highest BCUT2D eigenvalue weighted by Crippen LogP contribution is 2.23. The summed E-state index contributed by atoms with van der Waals surface area (Å²) in [5, 5.41) is 7.65. The maximum Gasteiger partial charge on any atom is 0.0954 e. The Morgan fingerprint density at radius 2 is 2.29 bits per heavy atom. The quantitative estimate of drug-likeness (QED) is 0.862. The average molecular weight is 231 g/mol. The lowest BCUT2D eigenvalue weighted by atomic mass is 10.1. The molecule has 0 aromatic carbocycles. The summed E-state index contributed by atoms with van der Waals surface area (Å²) in [6, 6.07) is 0.544. The summed E-state index contributed by atoms with van der Waals surface area (Å²) in [6.45, 7) is 5.20. The lowest BCUT2D eigenvalue weighted by Gasteiger charge is -2.29. The molecule has 17 heavy (non-hydrogen) atoms. The molecule has 1 aliphatic heterocycles. The van der Waals surface area contributed by atoms with Gasteiger partial charge < -0.3 is 9.88 Å². The zero-order valence-corrected chi connectivity index (χ0v) is 10.0. The number of imidazole rings is 1. The fourth-order valence-electron chi connectivity index (χ4n) is 2.14. The summed E-state index contributed by atoms with van der Waals surface area (Å²) in [5.74, 6) is 0. The monoisotopic (exact) mass is 231 g/mol. The van der Waals surface area contributed by atoms with Crippen molar-refractivity contribution in [2.24, 2.45) is 0 Å². The molecule has 0 bridgehead atoms. The van der Waals surface area contributed by atoms with Gasteiger partial charge in [0.25, 0.3) is 0 Å². The number of hydrogen-bond donors (Lipinski definition) is 1. The Kier molecular flexibility index (Phi) is 2.68. The summed E-state index contributed by atoms with van der Waals surface area (Å²) in [6.07, 6.45) is 8.97. The minimum Gasteiger partial charge on any atom is -0.325 e. The Bertz CT molecular complexity index is 494. The third kappa shape index (κ3) is 1.86. The first-order valence-electron chi connectivity index (χ1n) is 6.14. The molecule has 0 saturated carbocycles. The highest BCUT2D eigenvalue weighted by Gasteiger charge is 2.21. The van der Waals surface area contributed by atoms with Gasteiger partial charge in [-0.05, 0) is 6.42 Å². The van der Waals surface area contributed by atoms with Crippen LogP contribution in [0.25, 0.3) is 11.3 Å². The Labute approximate surface area is 100 Å². The van der Waals surface area contributed by atoms with Crippen LogP contribution in [0.2, 0.25) is 0 Å². The van der Waals surface area contributed by atoms with E-state index >= 15 is 0 Å². The van der Waals surface area contributed by atoms with E-state index in [0.29, 0.717) is 6.04 Å². The van der Waals surface area contributed by atoms with Gasteiger partial charge in [-0.25, -0.2) is 4.98 Å². The van der Waals surface area contributed by atoms with Gasteiger partial charge in [0.05, 0.1) is 30.5 Å². The molecule has 0 spiro atoms. The van der Waals surface area contributed by atoms with Crippen molar-refractivity contribution in [3.63, 3.8) is 0 Å². The van der Waals surface area contributed by atoms with Gasteiger partial charge in [0.1, 0.15) is 0 Å². The molecule has 5 nitrogen and oxygen atoms in total. The maximum atomic E-state index is 4.37. The number of nitrogens with one attached hydrogen (secondary N) is 1. The Balaban J connectivity index is 1.89. The average Bonchev–Trinajstić information content (AvgIpc) is 2.84. The molecule has 2 aromatic heterocycles. The Morgan fingerprint density at radius 3 is 3.00 bits per heavy atom. The summed E-state index contributed by atoms with van der Waals surface area (Å²) < 4.78 is 4.23. The topological polar surface area (TPSA) is 47.7 Å². The van der Waals surface area contributed by atoms with Crippen LogP contribution in [-0.4, -0.2) is 32.4 Å². The molecule has 0 radical (unpaired) electrons. The van der Waals surface area contributed by atoms with Crippen molar-refractivity contribution in [3.8, 4) is 11.3 Å². The van der Waals surface area contributed by atoms with Crippen molar-refractivity contribution < 1.29 is 0 Å². The van der Waals surface area contributed by atoms with Gasteiger partial charge in [0.15, 0.2) is 0 Å². The van der Waals surface area contributed by atoms with E-state index in [1.54, 1.807) is 0 Å². The third-order valence-electron chi connectivity index (χ3n) is 3.20. The van der Waals surface area contributed by atoms with Crippen LogP contribution in [0, 0.1) is 0 Å². The van der Waals surface area contributed by atoms with Crippen LogP contribution in [0.4, 0.5) is 0 Å². The molecule has 3 rings (SSSR count). The summed E-state index contributed by atoms with van der Waals surface area (Å²) in [5.41, 5.74) is 2.32. The van der Waals surface area contributed by atoms with E-state index < -0.39 is 0 Å². The largest absolute Gasteiger partial charge is 0.325 e. The zero-order valence-electron chi connectivity index (χ0n) is 10.0. The molecule has 0 unspecified atom stereocenters. The summed E-state index contributed by atoms with van der Waals surface area (Å²) >= 11 is 0. The molecule has 0 aliphatic carbocycles. The highest BCUT2D eigenvalue weighted by molar-refractivity contribution is 5.56. The second-order valence-corrected chi connectivity index (χ2v) is 4.49. The Hall–Kier alpha value is -1.62. The SMILES string of the molecule is CCCn1cc(-c2cncn2C2CNC2)cn1. The van der Waals surface area contributed by atoms with Crippen molar-refractivity contribution in [1.29, 1.82) is 0 Å². The van der Waals surface area contributed by atoms with Crippen molar-refractivity contribution in [2.45, 2.75) is 25.9 Å². The van der Waals surface area contributed by atoms with Crippen LogP contribution in [0.5, 0.6) is 0 Å². The minimum absolute atomic E-state index is 0.544. The van der Waals surface area contributed by atoms with Crippen LogP contribution in [0.3, 0.4) is 0 Å². The first-order valence-corrected chi connectivity index (χ1v) is 6.14. The first-order chi connectivity index (χ1) is 8.38. The molecule has 1 N–H and O–H groups in total. The number of nitrogens with zero attached hydrogens (tertiary/aromatic N) is 4. The molecule has 1 fully saturated rings. The molecule has 1 saturated heterocycles. The Morgan fingerprint density at radius 1 is 1.41 bits per heavy atom.